The number of nitrogen functional groups attached to an aromatic ring is 1. The minimum Gasteiger partial charge on any atom is -0.487 e. The van der Waals surface area contributed by atoms with Gasteiger partial charge in [-0.05, 0) is 50.2 Å². The molecular weight excluding hydrogens is 411 g/mol. The number of hydrogen-bond donors (Lipinski definition) is 2. The summed E-state index contributed by atoms with van der Waals surface area (Å²) < 4.78 is 20.6. The number of ether oxygens (including phenoxy) is 1. The highest BCUT2D eigenvalue weighted by Crippen LogP contribution is 2.40. The van der Waals surface area contributed by atoms with Gasteiger partial charge in [-0.25, -0.2) is 4.39 Å². The maximum absolute atomic E-state index is 14.0. The number of fused-ring (bicyclic) bond motifs is 1. The van der Waals surface area contributed by atoms with Crippen LogP contribution in [0.15, 0.2) is 40.9 Å². The summed E-state index contributed by atoms with van der Waals surface area (Å²) in [5.74, 6) is -0.347. The largest absolute Gasteiger partial charge is 0.487 e. The molecule has 25 heavy (non-hydrogen) atoms. The molecule has 3 rings (SSSR count). The number of amides is 1. The van der Waals surface area contributed by atoms with Gasteiger partial charge in [-0.15, -0.1) is 12.4 Å². The summed E-state index contributed by atoms with van der Waals surface area (Å²) in [6.07, 6.45) is 0.560. The van der Waals surface area contributed by atoms with Crippen molar-refractivity contribution in [2.45, 2.75) is 31.9 Å². The molecule has 0 saturated carbocycles. The fourth-order valence-corrected chi connectivity index (χ4v) is 3.27. The first-order valence-electron chi connectivity index (χ1n) is 7.59. The lowest BCUT2D eigenvalue weighted by Crippen LogP contribution is -2.41. The average molecular weight is 430 g/mol. The van der Waals surface area contributed by atoms with Crippen LogP contribution in [-0.4, -0.2) is 11.5 Å². The van der Waals surface area contributed by atoms with Crippen molar-refractivity contribution >= 4 is 39.9 Å². The third-order valence-corrected chi connectivity index (χ3v) is 4.46. The third kappa shape index (κ3) is 4.25. The van der Waals surface area contributed by atoms with Crippen molar-refractivity contribution in [1.29, 1.82) is 0 Å². The van der Waals surface area contributed by atoms with Crippen LogP contribution in [0.25, 0.3) is 0 Å². The monoisotopic (exact) mass is 428 g/mol. The van der Waals surface area contributed by atoms with E-state index < -0.39 is 17.3 Å². The van der Waals surface area contributed by atoms with Gasteiger partial charge in [-0.1, -0.05) is 15.9 Å². The Balaban J connectivity index is 0.00000225. The number of carbonyl (C=O) groups excluding carboxylic acids is 1. The predicted octanol–water partition coefficient (Wildman–Crippen LogP) is 4.62. The van der Waals surface area contributed by atoms with E-state index in [0.717, 1.165) is 5.56 Å². The third-order valence-electron chi connectivity index (χ3n) is 3.97. The van der Waals surface area contributed by atoms with Crippen LogP contribution in [0, 0.1) is 5.82 Å². The van der Waals surface area contributed by atoms with E-state index in [9.17, 15) is 9.18 Å². The van der Waals surface area contributed by atoms with Crippen molar-refractivity contribution in [2.75, 3.05) is 5.73 Å². The van der Waals surface area contributed by atoms with E-state index in [2.05, 4.69) is 21.2 Å². The Labute approximate surface area is 160 Å². The van der Waals surface area contributed by atoms with Crippen LogP contribution in [0.4, 0.5) is 10.1 Å². The molecule has 0 aliphatic carbocycles. The summed E-state index contributed by atoms with van der Waals surface area (Å²) in [4.78, 5) is 12.5. The quantitative estimate of drug-likeness (QED) is 0.684. The average Bonchev–Trinajstić information content (AvgIpc) is 2.49. The van der Waals surface area contributed by atoms with Crippen LogP contribution >= 0.6 is 28.3 Å². The van der Waals surface area contributed by atoms with Gasteiger partial charge in [0.2, 0.25) is 0 Å². The molecule has 3 N–H and O–H groups in total. The van der Waals surface area contributed by atoms with Crippen LogP contribution in [-0.2, 0) is 0 Å². The van der Waals surface area contributed by atoms with Gasteiger partial charge in [0.15, 0.2) is 0 Å². The fraction of sp³-hybridized carbons (Fsp3) is 0.278. The molecule has 2 aromatic rings. The van der Waals surface area contributed by atoms with Gasteiger partial charge >= 0.3 is 0 Å². The highest BCUT2D eigenvalue weighted by molar-refractivity contribution is 9.10. The van der Waals surface area contributed by atoms with Crippen LogP contribution < -0.4 is 15.8 Å². The highest BCUT2D eigenvalue weighted by atomic mass is 79.9. The molecule has 1 amide bonds. The summed E-state index contributed by atoms with van der Waals surface area (Å²) >= 11 is 3.26. The molecule has 0 saturated heterocycles. The van der Waals surface area contributed by atoms with Gasteiger partial charge in [0.25, 0.3) is 5.91 Å². The Morgan fingerprint density at radius 2 is 2.04 bits per heavy atom. The molecule has 134 valence electrons. The number of halogens is 3. The Morgan fingerprint density at radius 1 is 1.32 bits per heavy atom. The van der Waals surface area contributed by atoms with E-state index in [1.807, 2.05) is 13.8 Å². The van der Waals surface area contributed by atoms with Gasteiger partial charge in [-0.3, -0.25) is 4.79 Å². The van der Waals surface area contributed by atoms with E-state index in [0.29, 0.717) is 22.3 Å². The lowest BCUT2D eigenvalue weighted by molar-refractivity contribution is 0.0619. The van der Waals surface area contributed by atoms with Gasteiger partial charge in [-0.2, -0.15) is 0 Å². The molecule has 4 nitrogen and oxygen atoms in total. The van der Waals surface area contributed by atoms with Crippen molar-refractivity contribution in [3.63, 3.8) is 0 Å². The Hall–Kier alpha value is -1.79. The van der Waals surface area contributed by atoms with Crippen molar-refractivity contribution in [3.8, 4) is 5.75 Å². The first kappa shape index (κ1) is 19.5. The van der Waals surface area contributed by atoms with E-state index in [1.165, 1.54) is 12.1 Å². The fourth-order valence-electron chi connectivity index (χ4n) is 2.91. The summed E-state index contributed by atoms with van der Waals surface area (Å²) in [7, 11) is 0. The number of hydrogen-bond acceptors (Lipinski definition) is 3. The number of nitrogens with two attached hydrogens (primary N) is 1. The molecule has 1 aliphatic rings. The van der Waals surface area contributed by atoms with E-state index in [-0.39, 0.29) is 24.0 Å². The molecule has 1 atom stereocenters. The molecule has 0 spiro atoms. The van der Waals surface area contributed by atoms with Crippen LogP contribution in [0.2, 0.25) is 0 Å². The zero-order valence-electron chi connectivity index (χ0n) is 13.8. The highest BCUT2D eigenvalue weighted by Gasteiger charge is 2.35. The second-order valence-corrected chi connectivity index (χ2v) is 7.43. The molecule has 1 aliphatic heterocycles. The van der Waals surface area contributed by atoms with Crippen molar-refractivity contribution in [2.24, 2.45) is 0 Å². The number of nitrogens with one attached hydrogen (secondary N) is 1. The van der Waals surface area contributed by atoms with E-state index >= 15 is 0 Å². The van der Waals surface area contributed by atoms with E-state index in [4.69, 9.17) is 10.5 Å². The topological polar surface area (TPSA) is 64.4 Å². The van der Waals surface area contributed by atoms with Crippen molar-refractivity contribution in [3.05, 3.63) is 57.8 Å². The first-order chi connectivity index (χ1) is 11.2. The first-order valence-corrected chi connectivity index (χ1v) is 8.39. The summed E-state index contributed by atoms with van der Waals surface area (Å²) in [6, 6.07) is 9.32. The number of carbonyl (C=O) groups is 1. The summed E-state index contributed by atoms with van der Waals surface area (Å²) in [5.41, 5.74) is 6.81. The number of anilines is 1. The minimum atomic E-state index is -0.560. The van der Waals surface area contributed by atoms with Crippen LogP contribution in [0.5, 0.6) is 5.75 Å². The standard InChI is InChI=1S/C18H18BrFN2O2.ClH/c1-18(2)9-15(13-8-11(21)4-6-16(13)24-18)22-17(23)12-7-10(19)3-5-14(12)20;/h3-8,15H,9,21H2,1-2H3,(H,22,23);1H. The smallest absolute Gasteiger partial charge is 0.254 e. The maximum atomic E-state index is 14.0. The Morgan fingerprint density at radius 3 is 2.76 bits per heavy atom. The molecular formula is C18H19BrClFN2O2. The van der Waals surface area contributed by atoms with Gasteiger partial charge in [0.1, 0.15) is 17.2 Å². The van der Waals surface area contributed by atoms with Gasteiger partial charge < -0.3 is 15.8 Å². The summed E-state index contributed by atoms with van der Waals surface area (Å²) in [5, 5.41) is 2.91. The van der Waals surface area contributed by atoms with E-state index in [1.54, 1.807) is 24.3 Å². The van der Waals surface area contributed by atoms with Gasteiger partial charge in [0.05, 0.1) is 11.6 Å². The molecule has 1 heterocycles. The molecule has 0 radical (unpaired) electrons. The van der Waals surface area contributed by atoms with Crippen LogP contribution in [0.1, 0.15) is 42.2 Å². The molecule has 1 unspecified atom stereocenters. The molecule has 0 aromatic heterocycles. The SMILES string of the molecule is CC1(C)CC(NC(=O)c2cc(Br)ccc2F)c2cc(N)ccc2O1.Cl. The Kier molecular flexibility index (Phi) is 5.64. The molecule has 0 bridgehead atoms. The molecule has 2 aromatic carbocycles. The Bertz CT molecular complexity index is 814. The molecule has 0 fully saturated rings. The normalized spacial score (nSPS) is 17.7. The number of benzene rings is 2. The van der Waals surface area contributed by atoms with Gasteiger partial charge in [0, 0.05) is 22.1 Å². The second-order valence-electron chi connectivity index (χ2n) is 6.51. The molecule has 7 heteroatoms. The zero-order chi connectivity index (χ0) is 17.5. The van der Waals surface area contributed by atoms with Crippen LogP contribution in [0.3, 0.4) is 0 Å². The number of rotatable bonds is 2. The lowest BCUT2D eigenvalue weighted by Gasteiger charge is -2.38. The maximum Gasteiger partial charge on any atom is 0.254 e. The lowest BCUT2D eigenvalue weighted by atomic mass is 9.89. The zero-order valence-corrected chi connectivity index (χ0v) is 16.2. The van der Waals surface area contributed by atoms with Crippen molar-refractivity contribution in [1.82, 2.24) is 5.32 Å². The predicted molar refractivity (Wildman–Crippen MR) is 102 cm³/mol. The minimum absolute atomic E-state index is 0. The summed E-state index contributed by atoms with van der Waals surface area (Å²) in [6.45, 7) is 3.90. The second kappa shape index (κ2) is 7.22. The van der Waals surface area contributed by atoms with Crippen molar-refractivity contribution < 1.29 is 13.9 Å².